The number of halogens is 1. The van der Waals surface area contributed by atoms with Crippen LogP contribution in [0.3, 0.4) is 0 Å². The number of aromatic hydroxyl groups is 1. The highest BCUT2D eigenvalue weighted by Gasteiger charge is 2.18. The molecule has 6 nitrogen and oxygen atoms in total. The Balaban J connectivity index is 2.30. The van der Waals surface area contributed by atoms with Crippen molar-refractivity contribution in [2.24, 2.45) is 0 Å². The molecule has 0 saturated carbocycles. The second kappa shape index (κ2) is 5.10. The van der Waals surface area contributed by atoms with Crippen molar-refractivity contribution in [2.45, 2.75) is 18.5 Å². The van der Waals surface area contributed by atoms with Gasteiger partial charge < -0.3 is 9.67 Å². The minimum Gasteiger partial charge on any atom is -0.506 e. The Morgan fingerprint density at radius 3 is 2.79 bits per heavy atom. The molecule has 102 valence electrons. The van der Waals surface area contributed by atoms with E-state index in [2.05, 4.69) is 9.71 Å². The normalized spacial score (nSPS) is 11.5. The van der Waals surface area contributed by atoms with E-state index in [9.17, 15) is 13.5 Å². The van der Waals surface area contributed by atoms with Crippen LogP contribution in [0, 0.1) is 0 Å². The minimum absolute atomic E-state index is 0.0513. The van der Waals surface area contributed by atoms with Gasteiger partial charge in [0.15, 0.2) is 5.03 Å². The first kappa shape index (κ1) is 13.7. The van der Waals surface area contributed by atoms with E-state index in [1.165, 1.54) is 30.7 Å². The van der Waals surface area contributed by atoms with E-state index < -0.39 is 10.0 Å². The number of imidazole rings is 1. The molecule has 1 aromatic carbocycles. The summed E-state index contributed by atoms with van der Waals surface area (Å²) in [4.78, 5) is 3.81. The number of nitrogens with one attached hydrogen (secondary N) is 1. The zero-order valence-corrected chi connectivity index (χ0v) is 11.6. The molecule has 8 heteroatoms. The van der Waals surface area contributed by atoms with Crippen molar-refractivity contribution in [1.29, 1.82) is 0 Å². The molecule has 0 spiro atoms. The lowest BCUT2D eigenvalue weighted by Gasteiger charge is -2.07. The second-order valence-corrected chi connectivity index (χ2v) is 5.88. The fraction of sp³-hybridized carbons (Fsp3) is 0.182. The summed E-state index contributed by atoms with van der Waals surface area (Å²) in [6.45, 7) is 2.49. The predicted molar refractivity (Wildman–Crippen MR) is 71.8 cm³/mol. The lowest BCUT2D eigenvalue weighted by atomic mass is 10.3. The molecule has 0 amide bonds. The molecule has 19 heavy (non-hydrogen) atoms. The molecule has 1 aromatic heterocycles. The van der Waals surface area contributed by atoms with Crippen LogP contribution in [0.1, 0.15) is 6.92 Å². The topological polar surface area (TPSA) is 84.2 Å². The van der Waals surface area contributed by atoms with Crippen LogP contribution < -0.4 is 4.72 Å². The Hall–Kier alpha value is -1.73. The average Bonchev–Trinajstić information content (AvgIpc) is 2.82. The number of nitrogens with zero attached hydrogens (tertiary/aromatic N) is 2. The third kappa shape index (κ3) is 2.99. The van der Waals surface area contributed by atoms with Crippen molar-refractivity contribution in [2.75, 3.05) is 4.72 Å². The predicted octanol–water partition coefficient (Wildman–Crippen LogP) is 2.06. The first-order valence-electron chi connectivity index (χ1n) is 5.45. The fourth-order valence-corrected chi connectivity index (χ4v) is 2.63. The van der Waals surface area contributed by atoms with Gasteiger partial charge in [-0.3, -0.25) is 4.72 Å². The molecule has 0 atom stereocenters. The van der Waals surface area contributed by atoms with E-state index in [-0.39, 0.29) is 16.5 Å². The molecule has 2 aromatic rings. The first-order chi connectivity index (χ1) is 8.92. The van der Waals surface area contributed by atoms with Crippen molar-refractivity contribution < 1.29 is 13.5 Å². The van der Waals surface area contributed by atoms with E-state index >= 15 is 0 Å². The number of phenolic OH excluding ortho intramolecular Hbond substituents is 1. The number of rotatable bonds is 4. The van der Waals surface area contributed by atoms with E-state index in [1.54, 1.807) is 4.57 Å². The van der Waals surface area contributed by atoms with Crippen LogP contribution in [-0.4, -0.2) is 23.1 Å². The van der Waals surface area contributed by atoms with Gasteiger partial charge in [-0.25, -0.2) is 4.98 Å². The zero-order chi connectivity index (χ0) is 14.0. The molecule has 2 N–H and O–H groups in total. The first-order valence-corrected chi connectivity index (χ1v) is 7.31. The molecular formula is C11H12ClN3O3S. The van der Waals surface area contributed by atoms with Crippen molar-refractivity contribution in [3.8, 4) is 5.75 Å². The molecular weight excluding hydrogens is 290 g/mol. The lowest BCUT2D eigenvalue weighted by molar-refractivity contribution is 0.477. The number of aryl methyl sites for hydroxylation is 1. The highest BCUT2D eigenvalue weighted by molar-refractivity contribution is 7.92. The molecule has 1 heterocycles. The Labute approximate surface area is 115 Å². The number of aromatic nitrogens is 2. The third-order valence-corrected chi connectivity index (χ3v) is 3.94. The maximum atomic E-state index is 12.0. The summed E-state index contributed by atoms with van der Waals surface area (Å²) < 4.78 is 28.0. The minimum atomic E-state index is -3.82. The largest absolute Gasteiger partial charge is 0.506 e. The Kier molecular flexibility index (Phi) is 3.68. The number of phenols is 1. The zero-order valence-electron chi connectivity index (χ0n) is 10.0. The molecule has 0 aliphatic heterocycles. The van der Waals surface area contributed by atoms with Gasteiger partial charge in [-0.05, 0) is 19.1 Å². The van der Waals surface area contributed by atoms with E-state index in [0.29, 0.717) is 11.6 Å². The van der Waals surface area contributed by atoms with Crippen molar-refractivity contribution >= 4 is 27.3 Å². The SMILES string of the molecule is CCn1cnc(S(=O)(=O)Nc2ccc(Cl)cc2O)c1. The summed E-state index contributed by atoms with van der Waals surface area (Å²) in [6, 6.07) is 4.11. The highest BCUT2D eigenvalue weighted by Crippen LogP contribution is 2.28. The molecule has 0 unspecified atom stereocenters. The molecule has 0 aliphatic carbocycles. The van der Waals surface area contributed by atoms with Crippen molar-refractivity contribution in [3.63, 3.8) is 0 Å². The smallest absolute Gasteiger partial charge is 0.281 e. The maximum Gasteiger partial charge on any atom is 0.281 e. The van der Waals surface area contributed by atoms with Gasteiger partial charge in [0.05, 0.1) is 12.0 Å². The Morgan fingerprint density at radius 1 is 1.47 bits per heavy atom. The van der Waals surface area contributed by atoms with E-state index in [0.717, 1.165) is 0 Å². The summed E-state index contributed by atoms with van der Waals surface area (Å²) in [7, 11) is -3.82. The molecule has 0 radical (unpaired) electrons. The Bertz CT molecular complexity index is 697. The number of benzene rings is 1. The Morgan fingerprint density at radius 2 is 2.21 bits per heavy atom. The standard InChI is InChI=1S/C11H12ClN3O3S/c1-2-15-6-11(13-7-15)19(17,18)14-9-4-3-8(12)5-10(9)16/h3-7,14,16H,2H2,1H3. The monoisotopic (exact) mass is 301 g/mol. The van der Waals surface area contributed by atoms with Crippen molar-refractivity contribution in [3.05, 3.63) is 35.7 Å². The molecule has 0 bridgehead atoms. The number of anilines is 1. The van der Waals surface area contributed by atoms with Crippen LogP contribution in [0.25, 0.3) is 0 Å². The van der Waals surface area contributed by atoms with Gasteiger partial charge in [-0.1, -0.05) is 11.6 Å². The summed E-state index contributed by atoms with van der Waals surface area (Å²) in [5.41, 5.74) is 0.0513. The van der Waals surface area contributed by atoms with Crippen LogP contribution >= 0.6 is 11.6 Å². The summed E-state index contributed by atoms with van der Waals surface area (Å²) in [5, 5.41) is 9.82. The van der Waals surface area contributed by atoms with Gasteiger partial charge in [-0.15, -0.1) is 0 Å². The van der Waals surface area contributed by atoms with E-state index in [1.807, 2.05) is 6.92 Å². The summed E-state index contributed by atoms with van der Waals surface area (Å²) in [6.07, 6.45) is 2.84. The average molecular weight is 302 g/mol. The lowest BCUT2D eigenvalue weighted by Crippen LogP contribution is -2.13. The van der Waals surface area contributed by atoms with Crippen LogP contribution in [-0.2, 0) is 16.6 Å². The molecule has 0 aliphatic rings. The van der Waals surface area contributed by atoms with Gasteiger partial charge in [-0.2, -0.15) is 8.42 Å². The van der Waals surface area contributed by atoms with Crippen LogP contribution in [0.5, 0.6) is 5.75 Å². The number of hydrogen-bond donors (Lipinski definition) is 2. The second-order valence-electron chi connectivity index (χ2n) is 3.81. The van der Waals surface area contributed by atoms with Gasteiger partial charge >= 0.3 is 0 Å². The van der Waals surface area contributed by atoms with Gasteiger partial charge in [0.2, 0.25) is 0 Å². The number of sulfonamides is 1. The van der Waals surface area contributed by atoms with Gasteiger partial charge in [0, 0.05) is 23.8 Å². The molecule has 0 saturated heterocycles. The summed E-state index contributed by atoms with van der Waals surface area (Å²) >= 11 is 5.67. The maximum absolute atomic E-state index is 12.0. The van der Waals surface area contributed by atoms with Crippen molar-refractivity contribution in [1.82, 2.24) is 9.55 Å². The molecule has 2 rings (SSSR count). The third-order valence-electron chi connectivity index (χ3n) is 2.45. The van der Waals surface area contributed by atoms with Crippen LogP contribution in [0.2, 0.25) is 5.02 Å². The van der Waals surface area contributed by atoms with E-state index in [4.69, 9.17) is 11.6 Å². The van der Waals surface area contributed by atoms with Gasteiger partial charge in [0.25, 0.3) is 10.0 Å². The quantitative estimate of drug-likeness (QED) is 0.847. The molecule has 0 fully saturated rings. The summed E-state index contributed by atoms with van der Waals surface area (Å²) in [5.74, 6) is -0.244. The number of hydrogen-bond acceptors (Lipinski definition) is 4. The van der Waals surface area contributed by atoms with Gasteiger partial charge in [0.1, 0.15) is 5.75 Å². The van der Waals surface area contributed by atoms with Crippen LogP contribution in [0.4, 0.5) is 5.69 Å². The fourth-order valence-electron chi connectivity index (χ4n) is 1.44. The highest BCUT2D eigenvalue weighted by atomic mass is 35.5. The van der Waals surface area contributed by atoms with Crippen LogP contribution in [0.15, 0.2) is 35.7 Å².